The highest BCUT2D eigenvalue weighted by molar-refractivity contribution is 6.04. The van der Waals surface area contributed by atoms with Crippen molar-refractivity contribution in [2.24, 2.45) is 0 Å². The fourth-order valence-electron chi connectivity index (χ4n) is 6.24. The van der Waals surface area contributed by atoms with Crippen LogP contribution in [-0.2, 0) is 11.2 Å². The van der Waals surface area contributed by atoms with Gasteiger partial charge in [-0.25, -0.2) is 24.5 Å². The van der Waals surface area contributed by atoms with Gasteiger partial charge in [-0.1, -0.05) is 12.1 Å². The molecule has 0 amide bonds. The van der Waals surface area contributed by atoms with Gasteiger partial charge < -0.3 is 19.9 Å². The number of anilines is 3. The third-order valence-corrected chi connectivity index (χ3v) is 9.01. The summed E-state index contributed by atoms with van der Waals surface area (Å²) in [5.41, 5.74) is 5.27. The molecule has 12 heteroatoms. The molecule has 0 spiro atoms. The van der Waals surface area contributed by atoms with Gasteiger partial charge in [-0.15, -0.1) is 0 Å². The molecule has 12 nitrogen and oxygen atoms in total. The average Bonchev–Trinajstić information content (AvgIpc) is 3.65. The highest BCUT2D eigenvalue weighted by Crippen LogP contribution is 2.39. The van der Waals surface area contributed by atoms with Crippen LogP contribution in [0, 0.1) is 6.92 Å². The molecule has 7 rings (SSSR count). The zero-order valence-corrected chi connectivity index (χ0v) is 26.6. The maximum atomic E-state index is 13.3. The molecule has 2 saturated heterocycles. The minimum atomic E-state index is 0.0980. The Hall–Kier alpha value is -4.94. The van der Waals surface area contributed by atoms with Gasteiger partial charge in [0.15, 0.2) is 11.4 Å². The third kappa shape index (κ3) is 6.01. The van der Waals surface area contributed by atoms with Gasteiger partial charge in [-0.05, 0) is 88.9 Å². The number of carbonyl (C=O) groups is 1. The van der Waals surface area contributed by atoms with Gasteiger partial charge in [0.1, 0.15) is 30.5 Å². The lowest BCUT2D eigenvalue weighted by Gasteiger charge is -2.45. The van der Waals surface area contributed by atoms with Crippen molar-refractivity contribution in [1.82, 2.24) is 39.3 Å². The van der Waals surface area contributed by atoms with Crippen molar-refractivity contribution in [1.29, 1.82) is 0 Å². The molecule has 0 radical (unpaired) electrons. The van der Waals surface area contributed by atoms with Gasteiger partial charge in [-0.2, -0.15) is 5.10 Å². The maximum absolute atomic E-state index is 13.3. The Kier molecular flexibility index (Phi) is 8.05. The average molecular weight is 619 g/mol. The van der Waals surface area contributed by atoms with E-state index in [0.29, 0.717) is 41.6 Å². The Bertz CT molecular complexity index is 1930. The van der Waals surface area contributed by atoms with Crippen molar-refractivity contribution in [2.75, 3.05) is 51.0 Å². The zero-order chi connectivity index (χ0) is 31.8. The van der Waals surface area contributed by atoms with Crippen molar-refractivity contribution in [3.05, 3.63) is 78.7 Å². The number of nitrogens with one attached hydrogen (secondary N) is 1. The fraction of sp³-hybridized carbons (Fsp3) is 0.353. The molecule has 2 aromatic carbocycles. The Balaban J connectivity index is 1.18. The summed E-state index contributed by atoms with van der Waals surface area (Å²) in [6, 6.07) is 12.4. The number of hydrogen-bond donors (Lipinski definition) is 1. The summed E-state index contributed by atoms with van der Waals surface area (Å²) in [5.74, 6) is 1.91. The molecule has 2 aliphatic rings. The minimum Gasteiger partial charge on any atom is -0.439 e. The summed E-state index contributed by atoms with van der Waals surface area (Å²) >= 11 is 0. The first-order valence-corrected chi connectivity index (χ1v) is 15.6. The van der Waals surface area contributed by atoms with Gasteiger partial charge in [-0.3, -0.25) is 9.69 Å². The molecule has 2 aliphatic heterocycles. The van der Waals surface area contributed by atoms with Crippen LogP contribution in [0.5, 0.6) is 11.6 Å². The first-order chi connectivity index (χ1) is 22.3. The number of aromatic nitrogens is 6. The molecule has 0 unspecified atom stereocenters. The topological polar surface area (TPSA) is 117 Å². The molecule has 46 heavy (non-hydrogen) atoms. The molecule has 1 atom stereocenters. The van der Waals surface area contributed by atoms with Crippen LogP contribution in [0.3, 0.4) is 0 Å². The Morgan fingerprint density at radius 2 is 1.96 bits per heavy atom. The molecule has 0 aliphatic carbocycles. The van der Waals surface area contributed by atoms with Gasteiger partial charge in [0, 0.05) is 43.3 Å². The van der Waals surface area contributed by atoms with E-state index in [1.165, 1.54) is 12.7 Å². The van der Waals surface area contributed by atoms with Crippen LogP contribution in [0.1, 0.15) is 24.0 Å². The first kappa shape index (κ1) is 29.8. The van der Waals surface area contributed by atoms with E-state index in [1.54, 1.807) is 29.3 Å². The van der Waals surface area contributed by atoms with Crippen molar-refractivity contribution in [2.45, 2.75) is 38.3 Å². The van der Waals surface area contributed by atoms with Crippen LogP contribution in [-0.4, -0.2) is 98.0 Å². The van der Waals surface area contributed by atoms with E-state index in [1.807, 2.05) is 37.3 Å². The molecule has 2 fully saturated rings. The van der Waals surface area contributed by atoms with Crippen molar-refractivity contribution in [3.8, 4) is 11.6 Å². The molecular formula is C34H38N10O2. The number of carbonyl (C=O) groups excluding carboxylic acids is 1. The van der Waals surface area contributed by atoms with Crippen LogP contribution in [0.15, 0.2) is 67.5 Å². The quantitative estimate of drug-likeness (QED) is 0.224. The van der Waals surface area contributed by atoms with E-state index in [-0.39, 0.29) is 5.78 Å². The van der Waals surface area contributed by atoms with Crippen LogP contribution in [0.4, 0.5) is 17.2 Å². The van der Waals surface area contributed by atoms with Gasteiger partial charge in [0.2, 0.25) is 5.88 Å². The number of allylic oxidation sites excluding steroid dienone is 1. The number of rotatable bonds is 10. The van der Waals surface area contributed by atoms with Crippen LogP contribution in [0.25, 0.3) is 16.6 Å². The summed E-state index contributed by atoms with van der Waals surface area (Å²) < 4.78 is 7.66. The predicted octanol–water partition coefficient (Wildman–Crippen LogP) is 4.42. The first-order valence-electron chi connectivity index (χ1n) is 15.6. The van der Waals surface area contributed by atoms with Crippen molar-refractivity contribution >= 4 is 39.5 Å². The molecular weight excluding hydrogens is 580 g/mol. The summed E-state index contributed by atoms with van der Waals surface area (Å²) in [6.45, 7) is 4.79. The molecule has 5 heterocycles. The van der Waals surface area contributed by atoms with Gasteiger partial charge >= 0.3 is 0 Å². The summed E-state index contributed by atoms with van der Waals surface area (Å²) in [4.78, 5) is 38.0. The predicted molar refractivity (Wildman–Crippen MR) is 178 cm³/mol. The zero-order valence-electron chi connectivity index (χ0n) is 26.6. The standard InChI is InChI=1S/C34H38N10O2/c1-22-14-24(8-12-29(22)46-31-16-30-36-20-39-44(30)21-38-31)40-34-32-28(35-19-37-34)11-7-23(33(32)43-17-26(18-43)41(2)3)15-27(45)10-9-25-6-5-13-42(25)4/h7-12,14,16,19-21,25-26H,5-6,13,15,17-18H2,1-4H3,(H,35,37,40)/b10-9+/t25-/m1/s1. The maximum Gasteiger partial charge on any atom is 0.224 e. The van der Waals surface area contributed by atoms with E-state index in [0.717, 1.165) is 59.5 Å². The molecule has 3 aromatic heterocycles. The van der Waals surface area contributed by atoms with Gasteiger partial charge in [0.25, 0.3) is 0 Å². The molecule has 0 saturated carbocycles. The highest BCUT2D eigenvalue weighted by atomic mass is 16.5. The number of nitrogens with zero attached hydrogens (tertiary/aromatic N) is 9. The van der Waals surface area contributed by atoms with E-state index in [4.69, 9.17) is 9.72 Å². The second kappa shape index (κ2) is 12.5. The summed E-state index contributed by atoms with van der Waals surface area (Å²) in [6.07, 6.45) is 11.0. The molecule has 0 bridgehead atoms. The third-order valence-electron chi connectivity index (χ3n) is 9.01. The lowest BCUT2D eigenvalue weighted by atomic mass is 9.97. The Labute approximate surface area is 267 Å². The van der Waals surface area contributed by atoms with E-state index < -0.39 is 0 Å². The van der Waals surface area contributed by atoms with Crippen LogP contribution < -0.4 is 15.0 Å². The summed E-state index contributed by atoms with van der Waals surface area (Å²) in [7, 11) is 6.33. The highest BCUT2D eigenvalue weighted by Gasteiger charge is 2.32. The fourth-order valence-corrected chi connectivity index (χ4v) is 6.24. The largest absolute Gasteiger partial charge is 0.439 e. The molecule has 236 valence electrons. The Morgan fingerprint density at radius 3 is 2.74 bits per heavy atom. The van der Waals surface area contributed by atoms with E-state index in [9.17, 15) is 4.79 Å². The lowest BCUT2D eigenvalue weighted by molar-refractivity contribution is -0.114. The number of ether oxygens (including phenoxy) is 1. The summed E-state index contributed by atoms with van der Waals surface area (Å²) in [5, 5.41) is 8.53. The number of likely N-dealkylation sites (tertiary alicyclic amines) is 1. The number of ketones is 1. The smallest absolute Gasteiger partial charge is 0.224 e. The number of likely N-dealkylation sites (N-methyl/N-ethyl adjacent to an activating group) is 2. The molecule has 1 N–H and O–H groups in total. The Morgan fingerprint density at radius 1 is 1.09 bits per heavy atom. The number of fused-ring (bicyclic) bond motifs is 2. The minimum absolute atomic E-state index is 0.0980. The van der Waals surface area contributed by atoms with Crippen LogP contribution >= 0.6 is 0 Å². The monoisotopic (exact) mass is 618 g/mol. The van der Waals surface area contributed by atoms with Crippen molar-refractivity contribution < 1.29 is 9.53 Å². The lowest BCUT2D eigenvalue weighted by Crippen LogP contribution is -2.57. The van der Waals surface area contributed by atoms with Crippen molar-refractivity contribution in [3.63, 3.8) is 0 Å². The number of aryl methyl sites for hydroxylation is 1. The van der Waals surface area contributed by atoms with Gasteiger partial charge in [0.05, 0.1) is 16.6 Å². The SMILES string of the molecule is Cc1cc(Nc2ncnc3ccc(CC(=O)/C=C/[C@H]4CCCN4C)c(N4CC(N(C)C)C4)c23)ccc1Oc1cc2ncnn2cn1. The van der Waals surface area contributed by atoms with E-state index in [2.05, 4.69) is 67.3 Å². The van der Waals surface area contributed by atoms with Crippen LogP contribution in [0.2, 0.25) is 0 Å². The van der Waals surface area contributed by atoms with E-state index >= 15 is 0 Å². The number of benzene rings is 2. The normalized spacial score (nSPS) is 17.4. The second-order valence-corrected chi connectivity index (χ2v) is 12.4. The number of hydrogen-bond acceptors (Lipinski definition) is 11. The molecule has 5 aromatic rings. The second-order valence-electron chi connectivity index (χ2n) is 12.4.